The zero-order valence-electron chi connectivity index (χ0n) is 54.5. The van der Waals surface area contributed by atoms with E-state index in [1.54, 1.807) is 6.92 Å². The molecule has 0 spiro atoms. The van der Waals surface area contributed by atoms with Gasteiger partial charge in [-0.25, -0.2) is 4.79 Å². The second-order valence-corrected chi connectivity index (χ2v) is 24.1. The van der Waals surface area contributed by atoms with Crippen molar-refractivity contribution in [2.75, 3.05) is 34.0 Å². The maximum Gasteiger partial charge on any atom is 0.342 e. The summed E-state index contributed by atoms with van der Waals surface area (Å²) in [6.45, 7) is 11.8. The number of carbonyl (C=O) groups is 7. The van der Waals surface area contributed by atoms with E-state index in [2.05, 4.69) is 13.8 Å². The van der Waals surface area contributed by atoms with Crippen LogP contribution in [0.1, 0.15) is 312 Å². The molecular formula is C70H116O15. The molecule has 2 rings (SSSR count). The Labute approximate surface area is 513 Å². The van der Waals surface area contributed by atoms with Gasteiger partial charge in [0.05, 0.1) is 26.7 Å². The molecule has 1 aliphatic rings. The van der Waals surface area contributed by atoms with Crippen LogP contribution in [0.2, 0.25) is 0 Å². The van der Waals surface area contributed by atoms with Gasteiger partial charge in [0.25, 0.3) is 0 Å². The van der Waals surface area contributed by atoms with Crippen LogP contribution < -0.4 is 9.47 Å². The molecule has 0 aliphatic carbocycles. The Morgan fingerprint density at radius 1 is 0.529 bits per heavy atom. The maximum absolute atomic E-state index is 13.5. The molecule has 1 aromatic rings. The van der Waals surface area contributed by atoms with Crippen LogP contribution in [-0.2, 0) is 70.2 Å². The van der Waals surface area contributed by atoms with Crippen LogP contribution >= 0.6 is 0 Å². The SMILES string of the molecule is CCCCCCCCCCCCCCCC(=O)OCC(COC(=O)CCCCCCCCCCCCCCC)OC(=O)CC(C)CCCCCCC(=O)OCCCC(C)C(=O)Oc1c(C/C=C(\C)CCC(=O)OC)c(OC)c(C)c2c1C(=O)OC2. The van der Waals surface area contributed by atoms with Crippen LogP contribution in [0, 0.1) is 18.8 Å². The van der Waals surface area contributed by atoms with Crippen molar-refractivity contribution >= 4 is 41.8 Å². The van der Waals surface area contributed by atoms with Crippen molar-refractivity contribution in [3.63, 3.8) is 0 Å². The minimum atomic E-state index is -0.881. The predicted octanol–water partition coefficient (Wildman–Crippen LogP) is 17.3. The monoisotopic (exact) mass is 1200 g/mol. The first kappa shape index (κ1) is 76.1. The Balaban J connectivity index is 1.75. The summed E-state index contributed by atoms with van der Waals surface area (Å²) in [5.41, 5.74) is 2.99. The number of esters is 7. The Bertz CT molecular complexity index is 2030. The average molecular weight is 1200 g/mol. The van der Waals surface area contributed by atoms with E-state index in [0.717, 1.165) is 75.3 Å². The van der Waals surface area contributed by atoms with Gasteiger partial charge in [0.2, 0.25) is 0 Å². The van der Waals surface area contributed by atoms with E-state index in [0.29, 0.717) is 55.4 Å². The van der Waals surface area contributed by atoms with Gasteiger partial charge in [-0.2, -0.15) is 0 Å². The van der Waals surface area contributed by atoms with Crippen LogP contribution in [0.25, 0.3) is 0 Å². The second-order valence-electron chi connectivity index (χ2n) is 24.1. The molecule has 2 unspecified atom stereocenters. The van der Waals surface area contributed by atoms with Crippen molar-refractivity contribution in [3.8, 4) is 11.5 Å². The molecule has 0 saturated heterocycles. The lowest BCUT2D eigenvalue weighted by atomic mass is 9.94. The van der Waals surface area contributed by atoms with Gasteiger partial charge in [0, 0.05) is 43.2 Å². The smallest absolute Gasteiger partial charge is 0.342 e. The van der Waals surface area contributed by atoms with Gasteiger partial charge in [0.1, 0.15) is 31.1 Å². The molecule has 2 atom stereocenters. The summed E-state index contributed by atoms with van der Waals surface area (Å²) in [5, 5.41) is 0. The van der Waals surface area contributed by atoms with Gasteiger partial charge in [-0.15, -0.1) is 0 Å². The minimum absolute atomic E-state index is 0.0323. The Kier molecular flexibility index (Phi) is 44.0. The molecule has 85 heavy (non-hydrogen) atoms. The number of cyclic esters (lactones) is 1. The summed E-state index contributed by atoms with van der Waals surface area (Å²) >= 11 is 0. The predicted molar refractivity (Wildman–Crippen MR) is 334 cm³/mol. The molecule has 0 N–H and O–H groups in total. The van der Waals surface area contributed by atoms with Gasteiger partial charge in [-0.1, -0.05) is 219 Å². The number of fused-ring (bicyclic) bond motifs is 1. The standard InChI is InChI=1S/C70H116O15/c1-9-11-13-15-17-19-21-23-25-27-29-31-36-43-63(73)81-51-58(52-82-64(74)44-37-32-30-28-26-24-22-20-18-16-14-12-10-2)84-65(75)50-55(4)40-35-33-34-38-42-62(72)80-49-39-41-56(5)69(76)85-68-59(47-45-54(3)46-48-61(71)78-7)67(79-8)57(6)60-53-83-70(77)66(60)68/h45,55-56,58H,9-44,46-53H2,1-8H3/b54-45+. The zero-order chi connectivity index (χ0) is 62.3. The Hall–Kier alpha value is -4.95. The summed E-state index contributed by atoms with van der Waals surface area (Å²) in [4.78, 5) is 89.6. The lowest BCUT2D eigenvalue weighted by Crippen LogP contribution is -2.31. The highest BCUT2D eigenvalue weighted by atomic mass is 16.6. The van der Waals surface area contributed by atoms with Crippen molar-refractivity contribution in [2.24, 2.45) is 11.8 Å². The molecule has 15 nitrogen and oxygen atoms in total. The lowest BCUT2D eigenvalue weighted by molar-refractivity contribution is -0.167. The van der Waals surface area contributed by atoms with E-state index in [9.17, 15) is 33.6 Å². The fourth-order valence-corrected chi connectivity index (χ4v) is 10.8. The molecule has 0 radical (unpaired) electrons. The number of carbonyl (C=O) groups excluding carboxylic acids is 7. The lowest BCUT2D eigenvalue weighted by Gasteiger charge is -2.20. The highest BCUT2D eigenvalue weighted by Crippen LogP contribution is 2.43. The van der Waals surface area contributed by atoms with E-state index >= 15 is 0 Å². The van der Waals surface area contributed by atoms with Crippen molar-refractivity contribution in [3.05, 3.63) is 33.9 Å². The highest BCUT2D eigenvalue weighted by molar-refractivity contribution is 5.99. The number of ether oxygens (including phenoxy) is 8. The number of methoxy groups -OCH3 is 2. The molecule has 1 aliphatic heterocycles. The summed E-state index contributed by atoms with van der Waals surface area (Å²) in [5.74, 6) is -2.78. The molecule has 1 heterocycles. The van der Waals surface area contributed by atoms with E-state index in [4.69, 9.17) is 37.9 Å². The summed E-state index contributed by atoms with van der Waals surface area (Å²) in [7, 11) is 2.87. The van der Waals surface area contributed by atoms with E-state index < -0.39 is 29.9 Å². The second kappa shape index (κ2) is 49.1. The van der Waals surface area contributed by atoms with Crippen molar-refractivity contribution in [1.82, 2.24) is 0 Å². The quantitative estimate of drug-likeness (QED) is 0.0196. The van der Waals surface area contributed by atoms with Crippen LogP contribution in [-0.4, -0.2) is 81.9 Å². The number of hydrogen-bond donors (Lipinski definition) is 0. The molecule has 486 valence electrons. The number of hydrogen-bond acceptors (Lipinski definition) is 15. The maximum atomic E-state index is 13.5. The van der Waals surface area contributed by atoms with Crippen LogP contribution in [0.4, 0.5) is 0 Å². The first-order chi connectivity index (χ1) is 41.1. The molecule has 0 bridgehead atoms. The number of rotatable bonds is 54. The van der Waals surface area contributed by atoms with Crippen LogP contribution in [0.15, 0.2) is 11.6 Å². The van der Waals surface area contributed by atoms with E-state index in [-0.39, 0.29) is 93.2 Å². The van der Waals surface area contributed by atoms with Gasteiger partial charge in [0.15, 0.2) is 11.9 Å². The van der Waals surface area contributed by atoms with Gasteiger partial charge in [-0.3, -0.25) is 28.8 Å². The Morgan fingerprint density at radius 3 is 1.46 bits per heavy atom. The first-order valence-electron chi connectivity index (χ1n) is 33.6. The topological polar surface area (TPSA) is 193 Å². The average Bonchev–Trinajstić information content (AvgIpc) is 2.83. The number of unbranched alkanes of at least 4 members (excludes halogenated alkanes) is 27. The Morgan fingerprint density at radius 2 is 0.988 bits per heavy atom. The van der Waals surface area contributed by atoms with E-state index in [1.165, 1.54) is 143 Å². The first-order valence-corrected chi connectivity index (χ1v) is 33.6. The number of benzene rings is 1. The molecular weight excluding hydrogens is 1080 g/mol. The van der Waals surface area contributed by atoms with E-state index in [1.807, 2.05) is 26.8 Å². The zero-order valence-corrected chi connectivity index (χ0v) is 54.5. The van der Waals surface area contributed by atoms with Crippen LogP contribution in [0.5, 0.6) is 11.5 Å². The molecule has 0 fully saturated rings. The third kappa shape index (κ3) is 36.1. The van der Waals surface area contributed by atoms with Crippen LogP contribution in [0.3, 0.4) is 0 Å². The van der Waals surface area contributed by atoms with Crippen molar-refractivity contribution in [2.45, 2.75) is 311 Å². The summed E-state index contributed by atoms with van der Waals surface area (Å²) in [6, 6.07) is 0. The van der Waals surface area contributed by atoms with Gasteiger partial charge >= 0.3 is 41.8 Å². The fourth-order valence-electron chi connectivity index (χ4n) is 10.8. The van der Waals surface area contributed by atoms with Crippen molar-refractivity contribution < 1.29 is 71.5 Å². The molecule has 0 aromatic heterocycles. The van der Waals surface area contributed by atoms with Crippen molar-refractivity contribution in [1.29, 1.82) is 0 Å². The van der Waals surface area contributed by atoms with Gasteiger partial charge < -0.3 is 37.9 Å². The summed E-state index contributed by atoms with van der Waals surface area (Å²) in [6.07, 6.45) is 39.5. The third-order valence-corrected chi connectivity index (χ3v) is 16.4. The molecule has 15 heteroatoms. The molecule has 0 amide bonds. The largest absolute Gasteiger partial charge is 0.496 e. The third-order valence-electron chi connectivity index (χ3n) is 16.4. The number of allylic oxidation sites excluding steroid dienone is 2. The normalized spacial score (nSPS) is 12.8. The highest BCUT2D eigenvalue weighted by Gasteiger charge is 2.35. The van der Waals surface area contributed by atoms with Gasteiger partial charge in [-0.05, 0) is 70.3 Å². The molecule has 1 aromatic carbocycles. The fraction of sp³-hybridized carbons (Fsp3) is 0.786. The summed E-state index contributed by atoms with van der Waals surface area (Å²) < 4.78 is 44.3. The minimum Gasteiger partial charge on any atom is -0.496 e. The molecule has 0 saturated carbocycles.